The number of aliphatic hydroxyl groups excluding tert-OH is 1. The van der Waals surface area contributed by atoms with Gasteiger partial charge in [0.1, 0.15) is 0 Å². The smallest absolute Gasteiger partial charge is 0.0612 e. The molecular formula is C9H13ClN2O. The minimum absolute atomic E-state index is 0.0582. The number of hydrogen-bond acceptors (Lipinski definition) is 3. The van der Waals surface area contributed by atoms with Crippen LogP contribution in [0.4, 0.5) is 0 Å². The number of aromatic nitrogens is 1. The zero-order valence-electron chi connectivity index (χ0n) is 7.50. The van der Waals surface area contributed by atoms with Crippen molar-refractivity contribution in [2.24, 2.45) is 5.73 Å². The van der Waals surface area contributed by atoms with Gasteiger partial charge in [0.05, 0.1) is 11.6 Å². The number of pyridine rings is 1. The second kappa shape index (κ2) is 4.05. The molecule has 0 bridgehead atoms. The maximum Gasteiger partial charge on any atom is 0.0612 e. The molecule has 0 aliphatic carbocycles. The van der Waals surface area contributed by atoms with Crippen LogP contribution in [0.5, 0.6) is 0 Å². The molecule has 0 saturated carbocycles. The quantitative estimate of drug-likeness (QED) is 0.765. The van der Waals surface area contributed by atoms with Crippen LogP contribution in [0.15, 0.2) is 18.3 Å². The molecule has 0 fully saturated rings. The maximum absolute atomic E-state index is 8.93. The Bertz CT molecular complexity index is 271. The van der Waals surface area contributed by atoms with Crippen LogP contribution in [0.3, 0.4) is 0 Å². The van der Waals surface area contributed by atoms with Gasteiger partial charge in [0.2, 0.25) is 0 Å². The number of halogens is 1. The van der Waals surface area contributed by atoms with Crippen LogP contribution in [0.1, 0.15) is 12.6 Å². The summed E-state index contributed by atoms with van der Waals surface area (Å²) in [6, 6.07) is 3.57. The highest BCUT2D eigenvalue weighted by Gasteiger charge is 2.17. The Morgan fingerprint density at radius 3 is 2.77 bits per heavy atom. The van der Waals surface area contributed by atoms with Gasteiger partial charge in [0, 0.05) is 23.9 Å². The van der Waals surface area contributed by atoms with Crippen LogP contribution in [-0.4, -0.2) is 22.2 Å². The molecule has 1 aromatic heterocycles. The molecule has 0 aliphatic heterocycles. The molecule has 1 atom stereocenters. The average molecular weight is 201 g/mol. The summed E-state index contributed by atoms with van der Waals surface area (Å²) in [6.07, 6.45) is 2.12. The van der Waals surface area contributed by atoms with Gasteiger partial charge in [0.15, 0.2) is 0 Å². The van der Waals surface area contributed by atoms with Gasteiger partial charge in [-0.05, 0) is 19.1 Å². The van der Waals surface area contributed by atoms with Crippen molar-refractivity contribution in [1.82, 2.24) is 4.98 Å². The van der Waals surface area contributed by atoms with E-state index in [1.54, 1.807) is 19.2 Å². The van der Waals surface area contributed by atoms with Crippen molar-refractivity contribution >= 4 is 11.6 Å². The molecule has 1 unspecified atom stereocenters. The molecule has 3 N–H and O–H groups in total. The average Bonchev–Trinajstić information content (AvgIpc) is 2.09. The molecule has 0 aliphatic rings. The molecular weight excluding hydrogens is 188 g/mol. The number of aliphatic hydroxyl groups is 1. The molecule has 0 saturated heterocycles. The van der Waals surface area contributed by atoms with Crippen molar-refractivity contribution in [3.05, 3.63) is 29.0 Å². The van der Waals surface area contributed by atoms with Gasteiger partial charge >= 0.3 is 0 Å². The first-order valence-electron chi connectivity index (χ1n) is 4.04. The fourth-order valence-corrected chi connectivity index (χ4v) is 1.09. The molecule has 0 aromatic carbocycles. The summed E-state index contributed by atoms with van der Waals surface area (Å²) in [5.74, 6) is 0. The first-order valence-corrected chi connectivity index (χ1v) is 4.41. The molecule has 1 aromatic rings. The molecule has 0 amide bonds. The zero-order chi connectivity index (χ0) is 9.90. The van der Waals surface area contributed by atoms with Gasteiger partial charge in [-0.1, -0.05) is 11.6 Å². The third kappa shape index (κ3) is 3.30. The summed E-state index contributed by atoms with van der Waals surface area (Å²) in [7, 11) is 0. The minimum Gasteiger partial charge on any atom is -0.394 e. The van der Waals surface area contributed by atoms with Crippen molar-refractivity contribution in [3.8, 4) is 0 Å². The molecule has 13 heavy (non-hydrogen) atoms. The van der Waals surface area contributed by atoms with E-state index in [1.807, 2.05) is 6.07 Å². The van der Waals surface area contributed by atoms with Crippen molar-refractivity contribution in [2.45, 2.75) is 18.9 Å². The lowest BCUT2D eigenvalue weighted by Gasteiger charge is -2.20. The molecule has 72 valence electrons. The van der Waals surface area contributed by atoms with Crippen LogP contribution >= 0.6 is 11.6 Å². The Morgan fingerprint density at radius 1 is 1.62 bits per heavy atom. The highest BCUT2D eigenvalue weighted by molar-refractivity contribution is 6.30. The van der Waals surface area contributed by atoms with Gasteiger partial charge in [-0.25, -0.2) is 0 Å². The van der Waals surface area contributed by atoms with Crippen LogP contribution in [0.2, 0.25) is 5.02 Å². The van der Waals surface area contributed by atoms with E-state index >= 15 is 0 Å². The second-order valence-electron chi connectivity index (χ2n) is 3.46. The Hall–Kier alpha value is -0.640. The normalized spacial score (nSPS) is 15.4. The number of nitrogens with zero attached hydrogens (tertiary/aromatic N) is 1. The van der Waals surface area contributed by atoms with Crippen molar-refractivity contribution in [3.63, 3.8) is 0 Å². The SMILES string of the molecule is CC(N)(CO)Cc1ccc(Cl)cn1. The first kappa shape index (κ1) is 10.4. The lowest BCUT2D eigenvalue weighted by atomic mass is 9.98. The van der Waals surface area contributed by atoms with Crippen molar-refractivity contribution < 1.29 is 5.11 Å². The van der Waals surface area contributed by atoms with Crippen LogP contribution in [0, 0.1) is 0 Å². The Kier molecular flexibility index (Phi) is 3.25. The van der Waals surface area contributed by atoms with Gasteiger partial charge in [-0.3, -0.25) is 4.98 Å². The fourth-order valence-electron chi connectivity index (χ4n) is 0.981. The third-order valence-corrected chi connectivity index (χ3v) is 1.96. The van der Waals surface area contributed by atoms with Crippen LogP contribution in [-0.2, 0) is 6.42 Å². The lowest BCUT2D eigenvalue weighted by Crippen LogP contribution is -2.42. The van der Waals surface area contributed by atoms with E-state index in [1.165, 1.54) is 0 Å². The highest BCUT2D eigenvalue weighted by Crippen LogP contribution is 2.11. The molecule has 4 heteroatoms. The van der Waals surface area contributed by atoms with E-state index in [0.717, 1.165) is 5.69 Å². The van der Waals surface area contributed by atoms with Gasteiger partial charge in [0.25, 0.3) is 0 Å². The fraction of sp³-hybridized carbons (Fsp3) is 0.444. The lowest BCUT2D eigenvalue weighted by molar-refractivity contribution is 0.207. The third-order valence-electron chi connectivity index (χ3n) is 1.73. The second-order valence-corrected chi connectivity index (χ2v) is 3.89. The predicted octanol–water partition coefficient (Wildman–Crippen LogP) is 0.987. The summed E-state index contributed by atoms with van der Waals surface area (Å²) >= 11 is 5.67. The Morgan fingerprint density at radius 2 is 2.31 bits per heavy atom. The minimum atomic E-state index is -0.610. The number of rotatable bonds is 3. The van der Waals surface area contributed by atoms with E-state index in [2.05, 4.69) is 4.98 Å². The van der Waals surface area contributed by atoms with E-state index in [-0.39, 0.29) is 6.61 Å². The van der Waals surface area contributed by atoms with E-state index in [9.17, 15) is 0 Å². The largest absolute Gasteiger partial charge is 0.394 e. The standard InChI is InChI=1S/C9H13ClN2O/c1-9(11,6-13)4-8-3-2-7(10)5-12-8/h2-3,5,13H,4,6,11H2,1H3. The molecule has 0 radical (unpaired) electrons. The topological polar surface area (TPSA) is 59.1 Å². The molecule has 1 rings (SSSR count). The summed E-state index contributed by atoms with van der Waals surface area (Å²) in [5, 5.41) is 9.53. The molecule has 0 spiro atoms. The van der Waals surface area contributed by atoms with Gasteiger partial charge < -0.3 is 10.8 Å². The summed E-state index contributed by atoms with van der Waals surface area (Å²) in [6.45, 7) is 1.72. The summed E-state index contributed by atoms with van der Waals surface area (Å²) in [5.41, 5.74) is 5.99. The molecule has 3 nitrogen and oxygen atoms in total. The number of hydrogen-bond donors (Lipinski definition) is 2. The number of nitrogens with two attached hydrogens (primary N) is 1. The zero-order valence-corrected chi connectivity index (χ0v) is 8.25. The van der Waals surface area contributed by atoms with Gasteiger partial charge in [-0.15, -0.1) is 0 Å². The predicted molar refractivity (Wildman–Crippen MR) is 52.6 cm³/mol. The van der Waals surface area contributed by atoms with E-state index in [4.69, 9.17) is 22.4 Å². The van der Waals surface area contributed by atoms with Crippen molar-refractivity contribution in [2.75, 3.05) is 6.61 Å². The highest BCUT2D eigenvalue weighted by atomic mass is 35.5. The Balaban J connectivity index is 2.69. The van der Waals surface area contributed by atoms with Gasteiger partial charge in [-0.2, -0.15) is 0 Å². The Labute approximate surface area is 82.5 Å². The maximum atomic E-state index is 8.93. The van der Waals surface area contributed by atoms with E-state index in [0.29, 0.717) is 11.4 Å². The molecule has 1 heterocycles. The first-order chi connectivity index (χ1) is 6.03. The van der Waals surface area contributed by atoms with Crippen LogP contribution < -0.4 is 5.73 Å². The van der Waals surface area contributed by atoms with Crippen LogP contribution in [0.25, 0.3) is 0 Å². The monoisotopic (exact) mass is 200 g/mol. The summed E-state index contributed by atoms with van der Waals surface area (Å²) < 4.78 is 0. The summed E-state index contributed by atoms with van der Waals surface area (Å²) in [4.78, 5) is 4.09. The van der Waals surface area contributed by atoms with Crippen molar-refractivity contribution in [1.29, 1.82) is 0 Å². The van der Waals surface area contributed by atoms with E-state index < -0.39 is 5.54 Å².